The molecule has 0 aliphatic heterocycles. The molecule has 0 bridgehead atoms. The van der Waals surface area contributed by atoms with Crippen LogP contribution in [0.25, 0.3) is 10.2 Å². The van der Waals surface area contributed by atoms with Crippen LogP contribution in [0.1, 0.15) is 23.5 Å². The first-order chi connectivity index (χ1) is 11.9. The van der Waals surface area contributed by atoms with E-state index in [1.165, 1.54) is 0 Å². The van der Waals surface area contributed by atoms with Crippen LogP contribution in [0.3, 0.4) is 0 Å². The van der Waals surface area contributed by atoms with Crippen LogP contribution in [0.2, 0.25) is 5.02 Å². The third-order valence-corrected chi connectivity index (χ3v) is 5.64. The molecule has 25 heavy (non-hydrogen) atoms. The molecule has 130 valence electrons. The molecule has 3 aromatic rings. The Morgan fingerprint density at radius 1 is 1.32 bits per heavy atom. The van der Waals surface area contributed by atoms with E-state index in [4.69, 9.17) is 11.6 Å². The van der Waals surface area contributed by atoms with Gasteiger partial charge in [0.1, 0.15) is 5.01 Å². The number of fused-ring (bicyclic) bond motifs is 1. The van der Waals surface area contributed by atoms with Crippen LogP contribution in [0, 0.1) is 6.92 Å². The zero-order valence-electron chi connectivity index (χ0n) is 14.4. The Morgan fingerprint density at radius 2 is 2.08 bits per heavy atom. The fourth-order valence-electron chi connectivity index (χ4n) is 2.53. The van der Waals surface area contributed by atoms with Crippen molar-refractivity contribution in [2.45, 2.75) is 19.9 Å². The monoisotopic (exact) mass is 373 g/mol. The Kier molecular flexibility index (Phi) is 5.37. The lowest BCUT2D eigenvalue weighted by Gasteiger charge is -2.22. The van der Waals surface area contributed by atoms with Crippen LogP contribution >= 0.6 is 22.9 Å². The molecule has 0 aliphatic carbocycles. The summed E-state index contributed by atoms with van der Waals surface area (Å²) in [4.78, 5) is 19.0. The molecule has 1 heterocycles. The topological polar surface area (TPSA) is 45.2 Å². The van der Waals surface area contributed by atoms with E-state index in [-0.39, 0.29) is 18.5 Å². The Hall–Kier alpha value is -1.95. The third-order valence-electron chi connectivity index (χ3n) is 4.12. The normalized spacial score (nSPS) is 12.5. The number of aryl methyl sites for hydroxylation is 1. The van der Waals surface area contributed by atoms with Gasteiger partial charge in [0, 0.05) is 0 Å². The van der Waals surface area contributed by atoms with Crippen molar-refractivity contribution in [1.82, 2.24) is 9.88 Å². The van der Waals surface area contributed by atoms with Crippen LogP contribution in [0.5, 0.6) is 0 Å². The number of aromatic nitrogens is 1. The van der Waals surface area contributed by atoms with Gasteiger partial charge in [-0.2, -0.15) is 0 Å². The van der Waals surface area contributed by atoms with Gasteiger partial charge in [-0.05, 0) is 50.7 Å². The van der Waals surface area contributed by atoms with Crippen molar-refractivity contribution in [1.29, 1.82) is 0 Å². The molecular weight excluding hydrogens is 354 g/mol. The number of carbonyl (C=O) groups excluding carboxylic acids is 1. The average molecular weight is 374 g/mol. The number of hydrogen-bond acceptors (Lipinski definition) is 4. The zero-order valence-corrected chi connectivity index (χ0v) is 16.0. The summed E-state index contributed by atoms with van der Waals surface area (Å²) in [5.74, 6) is -0.0961. The summed E-state index contributed by atoms with van der Waals surface area (Å²) in [6, 6.07) is 13.7. The van der Waals surface area contributed by atoms with Crippen molar-refractivity contribution in [3.63, 3.8) is 0 Å². The van der Waals surface area contributed by atoms with E-state index in [2.05, 4.69) is 23.3 Å². The van der Waals surface area contributed by atoms with Crippen molar-refractivity contribution in [3.05, 3.63) is 58.1 Å². The number of carbonyl (C=O) groups is 1. The summed E-state index contributed by atoms with van der Waals surface area (Å²) in [7, 11) is 1.92. The molecule has 1 aromatic heterocycles. The highest BCUT2D eigenvalue weighted by Gasteiger charge is 2.19. The van der Waals surface area contributed by atoms with Gasteiger partial charge in [0.2, 0.25) is 5.91 Å². The number of likely N-dealkylation sites (N-methyl/N-ethyl adjacent to an activating group) is 1. The summed E-state index contributed by atoms with van der Waals surface area (Å²) in [5.41, 5.74) is 2.70. The van der Waals surface area contributed by atoms with E-state index in [1.807, 2.05) is 55.3 Å². The van der Waals surface area contributed by atoms with E-state index in [9.17, 15) is 4.79 Å². The van der Waals surface area contributed by atoms with Gasteiger partial charge in [0.15, 0.2) is 0 Å². The Morgan fingerprint density at radius 3 is 2.80 bits per heavy atom. The van der Waals surface area contributed by atoms with Crippen molar-refractivity contribution in [2.24, 2.45) is 0 Å². The molecule has 0 fully saturated rings. The SMILES string of the molecule is Cc1ccc(NC(=O)CN(C)[C@H](C)c2nc3ccccc3s2)c(Cl)c1. The minimum atomic E-state index is -0.0961. The summed E-state index contributed by atoms with van der Waals surface area (Å²) < 4.78 is 1.16. The Balaban J connectivity index is 1.66. The van der Waals surface area contributed by atoms with Crippen LogP contribution in [0.4, 0.5) is 5.69 Å². The highest BCUT2D eigenvalue weighted by Crippen LogP contribution is 2.29. The van der Waals surface area contributed by atoms with Gasteiger partial charge in [-0.3, -0.25) is 9.69 Å². The van der Waals surface area contributed by atoms with Crippen LogP contribution in [-0.4, -0.2) is 29.4 Å². The van der Waals surface area contributed by atoms with Crippen molar-refractivity contribution in [2.75, 3.05) is 18.9 Å². The maximum Gasteiger partial charge on any atom is 0.238 e. The van der Waals surface area contributed by atoms with Gasteiger partial charge in [-0.25, -0.2) is 4.98 Å². The maximum atomic E-state index is 12.3. The van der Waals surface area contributed by atoms with Gasteiger partial charge < -0.3 is 5.32 Å². The zero-order chi connectivity index (χ0) is 18.0. The van der Waals surface area contributed by atoms with Gasteiger partial charge in [-0.1, -0.05) is 29.8 Å². The minimum absolute atomic E-state index is 0.0524. The van der Waals surface area contributed by atoms with Crippen LogP contribution in [-0.2, 0) is 4.79 Å². The molecule has 0 aliphatic rings. The van der Waals surface area contributed by atoms with E-state index in [0.29, 0.717) is 10.7 Å². The summed E-state index contributed by atoms with van der Waals surface area (Å²) >= 11 is 7.84. The predicted molar refractivity (Wildman–Crippen MR) is 105 cm³/mol. The number of anilines is 1. The first-order valence-corrected chi connectivity index (χ1v) is 9.25. The van der Waals surface area contributed by atoms with Crippen LogP contribution < -0.4 is 5.32 Å². The molecule has 0 saturated carbocycles. The lowest BCUT2D eigenvalue weighted by Crippen LogP contribution is -2.32. The van der Waals surface area contributed by atoms with E-state index >= 15 is 0 Å². The molecule has 0 radical (unpaired) electrons. The largest absolute Gasteiger partial charge is 0.324 e. The van der Waals surface area contributed by atoms with Gasteiger partial charge in [-0.15, -0.1) is 11.3 Å². The molecule has 2 aromatic carbocycles. The number of hydrogen-bond donors (Lipinski definition) is 1. The standard InChI is InChI=1S/C19H20ClN3OS/c1-12-8-9-15(14(20)10-12)21-18(24)11-23(3)13(2)19-22-16-6-4-5-7-17(16)25-19/h4-10,13H,11H2,1-3H3,(H,21,24)/t13-/m1/s1. The second kappa shape index (κ2) is 7.52. The van der Waals surface area contributed by atoms with E-state index in [0.717, 1.165) is 20.8 Å². The van der Waals surface area contributed by atoms with Gasteiger partial charge in [0.25, 0.3) is 0 Å². The summed E-state index contributed by atoms with van der Waals surface area (Å²) in [5, 5.41) is 4.43. The number of nitrogens with one attached hydrogen (secondary N) is 1. The lowest BCUT2D eigenvalue weighted by molar-refractivity contribution is -0.117. The number of para-hydroxylation sites is 1. The number of nitrogens with zero attached hydrogens (tertiary/aromatic N) is 2. The molecule has 4 nitrogen and oxygen atoms in total. The molecule has 0 saturated heterocycles. The molecule has 0 spiro atoms. The lowest BCUT2D eigenvalue weighted by atomic mass is 10.2. The molecule has 3 rings (SSSR count). The number of halogens is 1. The van der Waals surface area contributed by atoms with Crippen LogP contribution in [0.15, 0.2) is 42.5 Å². The fourth-order valence-corrected chi connectivity index (χ4v) is 3.90. The van der Waals surface area contributed by atoms with Crippen molar-refractivity contribution in [3.8, 4) is 0 Å². The first-order valence-electron chi connectivity index (χ1n) is 8.06. The smallest absolute Gasteiger partial charge is 0.238 e. The molecule has 1 amide bonds. The summed E-state index contributed by atoms with van der Waals surface area (Å²) in [6.07, 6.45) is 0. The van der Waals surface area contributed by atoms with Crippen molar-refractivity contribution >= 4 is 44.7 Å². The second-order valence-electron chi connectivity index (χ2n) is 6.14. The average Bonchev–Trinajstić information content (AvgIpc) is 3.00. The Bertz CT molecular complexity index is 876. The highest BCUT2D eigenvalue weighted by molar-refractivity contribution is 7.18. The number of benzene rings is 2. The third kappa shape index (κ3) is 4.18. The first kappa shape index (κ1) is 17.9. The minimum Gasteiger partial charge on any atom is -0.324 e. The molecule has 0 unspecified atom stereocenters. The van der Waals surface area contributed by atoms with Gasteiger partial charge >= 0.3 is 0 Å². The second-order valence-corrected chi connectivity index (χ2v) is 7.61. The number of rotatable bonds is 5. The molecule has 6 heteroatoms. The Labute approximate surface area is 156 Å². The predicted octanol–water partition coefficient (Wildman–Crippen LogP) is 4.89. The number of amides is 1. The molecule has 1 atom stereocenters. The molecule has 1 N–H and O–H groups in total. The highest BCUT2D eigenvalue weighted by atomic mass is 35.5. The maximum absolute atomic E-state index is 12.3. The molecular formula is C19H20ClN3OS. The summed E-state index contributed by atoms with van der Waals surface area (Å²) in [6.45, 7) is 4.29. The fraction of sp³-hybridized carbons (Fsp3) is 0.263. The van der Waals surface area contributed by atoms with E-state index < -0.39 is 0 Å². The van der Waals surface area contributed by atoms with Gasteiger partial charge in [0.05, 0.1) is 33.5 Å². The quantitative estimate of drug-likeness (QED) is 0.692. The van der Waals surface area contributed by atoms with Crippen molar-refractivity contribution < 1.29 is 4.79 Å². The number of thiazole rings is 1. The van der Waals surface area contributed by atoms with E-state index in [1.54, 1.807) is 11.3 Å².